The largest absolute Gasteiger partial charge is 0.479 e. The fraction of sp³-hybridized carbons (Fsp3) is 0.500. The van der Waals surface area contributed by atoms with Crippen molar-refractivity contribution in [1.29, 1.82) is 0 Å². The molecule has 1 saturated carbocycles. The first-order valence-corrected chi connectivity index (χ1v) is 7.21. The van der Waals surface area contributed by atoms with Crippen molar-refractivity contribution in [1.82, 2.24) is 10.3 Å². The molecule has 1 amide bonds. The van der Waals surface area contributed by atoms with E-state index in [0.717, 1.165) is 12.8 Å². The Morgan fingerprint density at radius 2 is 2.27 bits per heavy atom. The van der Waals surface area contributed by atoms with Crippen LogP contribution >= 0.6 is 11.6 Å². The van der Waals surface area contributed by atoms with Gasteiger partial charge >= 0.3 is 5.97 Å². The van der Waals surface area contributed by atoms with Crippen LogP contribution in [0.3, 0.4) is 0 Å². The van der Waals surface area contributed by atoms with Crippen molar-refractivity contribution in [2.75, 3.05) is 20.3 Å². The zero-order chi connectivity index (χ0) is 16.1. The van der Waals surface area contributed by atoms with Crippen molar-refractivity contribution in [3.05, 3.63) is 22.8 Å². The van der Waals surface area contributed by atoms with Gasteiger partial charge in [0.1, 0.15) is 5.02 Å². The maximum atomic E-state index is 11.9. The molecular formula is C14H17ClN2O5. The highest BCUT2D eigenvalue weighted by Gasteiger charge is 2.23. The summed E-state index contributed by atoms with van der Waals surface area (Å²) in [5.74, 6) is -0.762. The second-order valence-electron chi connectivity index (χ2n) is 5.04. The summed E-state index contributed by atoms with van der Waals surface area (Å²) in [5, 5.41) is 11.5. The molecule has 0 radical (unpaired) electrons. The third kappa shape index (κ3) is 4.57. The number of hydrogen-bond acceptors (Lipinski definition) is 5. The summed E-state index contributed by atoms with van der Waals surface area (Å²) in [6, 6.07) is 1.44. The molecule has 1 aliphatic carbocycles. The zero-order valence-electron chi connectivity index (χ0n) is 12.0. The van der Waals surface area contributed by atoms with E-state index in [1.54, 1.807) is 0 Å². The van der Waals surface area contributed by atoms with Crippen molar-refractivity contribution in [2.45, 2.75) is 18.9 Å². The van der Waals surface area contributed by atoms with Crippen LogP contribution in [0, 0.1) is 5.92 Å². The number of carboxylic acids is 1. The Balaban J connectivity index is 1.91. The normalized spacial score (nSPS) is 15.2. The molecule has 0 bridgehead atoms. The number of carbonyl (C=O) groups excluding carboxylic acids is 1. The third-order valence-electron chi connectivity index (χ3n) is 3.23. The number of pyridine rings is 1. The van der Waals surface area contributed by atoms with Gasteiger partial charge in [0.15, 0.2) is 6.10 Å². The fourth-order valence-electron chi connectivity index (χ4n) is 1.70. The number of ether oxygens (including phenoxy) is 2. The van der Waals surface area contributed by atoms with E-state index >= 15 is 0 Å². The van der Waals surface area contributed by atoms with Crippen molar-refractivity contribution in [3.8, 4) is 5.88 Å². The Morgan fingerprint density at radius 1 is 1.55 bits per heavy atom. The fourth-order valence-corrected chi connectivity index (χ4v) is 1.92. The number of carbonyl (C=O) groups is 2. The van der Waals surface area contributed by atoms with Crippen LogP contribution < -0.4 is 10.1 Å². The Hall–Kier alpha value is -1.86. The SMILES string of the molecule is COC(CNC(=O)c1cnc(OCC2CC2)c(Cl)c1)C(=O)O. The number of halogens is 1. The second-order valence-corrected chi connectivity index (χ2v) is 5.45. The number of amides is 1. The van der Waals surface area contributed by atoms with E-state index in [-0.39, 0.29) is 17.1 Å². The molecule has 1 aliphatic rings. The van der Waals surface area contributed by atoms with E-state index in [1.807, 2.05) is 0 Å². The van der Waals surface area contributed by atoms with E-state index in [2.05, 4.69) is 10.3 Å². The molecule has 120 valence electrons. The van der Waals surface area contributed by atoms with Gasteiger partial charge in [-0.15, -0.1) is 0 Å². The van der Waals surface area contributed by atoms with Gasteiger partial charge in [0.2, 0.25) is 5.88 Å². The van der Waals surface area contributed by atoms with Crippen LogP contribution in [-0.4, -0.2) is 48.3 Å². The minimum Gasteiger partial charge on any atom is -0.479 e. The van der Waals surface area contributed by atoms with Gasteiger partial charge in [0, 0.05) is 13.3 Å². The van der Waals surface area contributed by atoms with E-state index in [4.69, 9.17) is 26.2 Å². The van der Waals surface area contributed by atoms with Gasteiger partial charge in [-0.1, -0.05) is 11.6 Å². The van der Waals surface area contributed by atoms with Crippen LogP contribution in [0.25, 0.3) is 0 Å². The molecule has 0 aromatic carbocycles. The maximum absolute atomic E-state index is 11.9. The predicted octanol–water partition coefficient (Wildman–Crippen LogP) is 1.35. The highest BCUT2D eigenvalue weighted by Crippen LogP contribution is 2.30. The number of rotatable bonds is 8. The first-order valence-electron chi connectivity index (χ1n) is 6.83. The lowest BCUT2D eigenvalue weighted by Gasteiger charge is -2.12. The van der Waals surface area contributed by atoms with Gasteiger partial charge in [-0.05, 0) is 24.8 Å². The van der Waals surface area contributed by atoms with Crippen molar-refractivity contribution < 1.29 is 24.2 Å². The summed E-state index contributed by atoms with van der Waals surface area (Å²) in [5.41, 5.74) is 0.226. The summed E-state index contributed by atoms with van der Waals surface area (Å²) >= 11 is 6.03. The molecular weight excluding hydrogens is 312 g/mol. The first kappa shape index (κ1) is 16.5. The number of nitrogens with zero attached hydrogens (tertiary/aromatic N) is 1. The molecule has 1 fully saturated rings. The highest BCUT2D eigenvalue weighted by atomic mass is 35.5. The van der Waals surface area contributed by atoms with E-state index < -0.39 is 18.0 Å². The Morgan fingerprint density at radius 3 is 2.82 bits per heavy atom. The van der Waals surface area contributed by atoms with E-state index in [1.165, 1.54) is 19.4 Å². The molecule has 1 unspecified atom stereocenters. The lowest BCUT2D eigenvalue weighted by molar-refractivity contribution is -0.148. The molecule has 1 atom stereocenters. The first-order chi connectivity index (χ1) is 10.5. The Labute approximate surface area is 132 Å². The summed E-state index contributed by atoms with van der Waals surface area (Å²) in [6.45, 7) is 0.425. The number of hydrogen-bond donors (Lipinski definition) is 2. The molecule has 0 spiro atoms. The maximum Gasteiger partial charge on any atom is 0.334 e. The van der Waals surface area contributed by atoms with Gasteiger partial charge in [-0.25, -0.2) is 9.78 Å². The molecule has 1 aromatic rings. The highest BCUT2D eigenvalue weighted by molar-refractivity contribution is 6.32. The molecule has 2 N–H and O–H groups in total. The molecule has 2 rings (SSSR count). The molecule has 7 nitrogen and oxygen atoms in total. The third-order valence-corrected chi connectivity index (χ3v) is 3.50. The standard InChI is InChI=1S/C14H17ClN2O5/c1-21-11(14(19)20)6-16-12(18)9-4-10(15)13(17-5-9)22-7-8-2-3-8/h4-5,8,11H,2-3,6-7H2,1H3,(H,16,18)(H,19,20). The topological polar surface area (TPSA) is 97.8 Å². The van der Waals surface area contributed by atoms with Crippen LogP contribution in [0.4, 0.5) is 0 Å². The van der Waals surface area contributed by atoms with Crippen molar-refractivity contribution >= 4 is 23.5 Å². The van der Waals surface area contributed by atoms with Crippen LogP contribution in [0.1, 0.15) is 23.2 Å². The summed E-state index contributed by atoms with van der Waals surface area (Å²) in [7, 11) is 1.26. The van der Waals surface area contributed by atoms with Crippen LogP contribution in [0.5, 0.6) is 5.88 Å². The van der Waals surface area contributed by atoms with Crippen LogP contribution in [0.15, 0.2) is 12.3 Å². The van der Waals surface area contributed by atoms with Gasteiger partial charge in [-0.3, -0.25) is 4.79 Å². The lowest BCUT2D eigenvalue weighted by Crippen LogP contribution is -2.37. The smallest absolute Gasteiger partial charge is 0.334 e. The van der Waals surface area contributed by atoms with Crippen molar-refractivity contribution in [3.63, 3.8) is 0 Å². The predicted molar refractivity (Wildman–Crippen MR) is 78.2 cm³/mol. The van der Waals surface area contributed by atoms with E-state index in [0.29, 0.717) is 18.4 Å². The molecule has 8 heteroatoms. The molecule has 22 heavy (non-hydrogen) atoms. The minimum atomic E-state index is -1.15. The van der Waals surface area contributed by atoms with Gasteiger partial charge in [0.25, 0.3) is 5.91 Å². The minimum absolute atomic E-state index is 0.151. The number of aromatic nitrogens is 1. The van der Waals surface area contributed by atoms with Gasteiger partial charge in [-0.2, -0.15) is 0 Å². The van der Waals surface area contributed by atoms with Gasteiger partial charge < -0.3 is 19.9 Å². The number of carboxylic acid groups (broad SMARTS) is 1. The summed E-state index contributed by atoms with van der Waals surface area (Å²) < 4.78 is 10.2. The van der Waals surface area contributed by atoms with E-state index in [9.17, 15) is 9.59 Å². The Bertz CT molecular complexity index is 562. The average Bonchev–Trinajstić information content (AvgIpc) is 3.30. The monoisotopic (exact) mass is 328 g/mol. The zero-order valence-corrected chi connectivity index (χ0v) is 12.8. The van der Waals surface area contributed by atoms with Crippen LogP contribution in [-0.2, 0) is 9.53 Å². The number of nitrogens with one attached hydrogen (secondary N) is 1. The second kappa shape index (κ2) is 7.42. The summed E-state index contributed by atoms with van der Waals surface area (Å²) in [6.07, 6.45) is 2.55. The molecule has 0 aliphatic heterocycles. The Kier molecular flexibility index (Phi) is 5.57. The average molecular weight is 329 g/mol. The summed E-state index contributed by atoms with van der Waals surface area (Å²) in [4.78, 5) is 26.7. The van der Waals surface area contributed by atoms with Crippen LogP contribution in [0.2, 0.25) is 5.02 Å². The number of methoxy groups -OCH3 is 1. The van der Waals surface area contributed by atoms with Crippen molar-refractivity contribution in [2.24, 2.45) is 5.92 Å². The molecule has 1 heterocycles. The quantitative estimate of drug-likeness (QED) is 0.747. The molecule has 0 saturated heterocycles. The lowest BCUT2D eigenvalue weighted by atomic mass is 10.2. The molecule has 1 aromatic heterocycles. The number of aliphatic carboxylic acids is 1. The van der Waals surface area contributed by atoms with Gasteiger partial charge in [0.05, 0.1) is 18.7 Å².